The zero-order valence-corrected chi connectivity index (χ0v) is 16.6. The van der Waals surface area contributed by atoms with E-state index in [-0.39, 0.29) is 29.8 Å². The van der Waals surface area contributed by atoms with Crippen molar-refractivity contribution in [3.05, 3.63) is 64.2 Å². The molecule has 0 saturated carbocycles. The molecule has 0 unspecified atom stereocenters. The van der Waals surface area contributed by atoms with Gasteiger partial charge < -0.3 is 5.32 Å². The molecule has 140 valence electrons. The third kappa shape index (κ3) is 5.56. The molecule has 26 heavy (non-hydrogen) atoms. The van der Waals surface area contributed by atoms with E-state index in [1.165, 1.54) is 0 Å². The Labute approximate surface area is 159 Å². The van der Waals surface area contributed by atoms with Crippen molar-refractivity contribution in [1.82, 2.24) is 10.0 Å². The topological polar surface area (TPSA) is 75.3 Å². The summed E-state index contributed by atoms with van der Waals surface area (Å²) in [6, 6.07) is 12.0. The fourth-order valence-corrected chi connectivity index (χ4v) is 3.65. The van der Waals surface area contributed by atoms with E-state index in [1.54, 1.807) is 30.3 Å². The maximum atomic E-state index is 12.3. The Balaban J connectivity index is 1.87. The molecule has 2 aromatic rings. The average molecular weight is 395 g/mol. The van der Waals surface area contributed by atoms with Crippen LogP contribution in [0.1, 0.15) is 36.1 Å². The number of aryl methyl sites for hydroxylation is 2. The van der Waals surface area contributed by atoms with Gasteiger partial charge in [0.2, 0.25) is 15.9 Å². The summed E-state index contributed by atoms with van der Waals surface area (Å²) in [7, 11) is -3.63. The van der Waals surface area contributed by atoms with Gasteiger partial charge in [0, 0.05) is 18.0 Å². The minimum Gasteiger partial charge on any atom is -0.350 e. The molecule has 0 aliphatic heterocycles. The molecule has 5 nitrogen and oxygen atoms in total. The van der Waals surface area contributed by atoms with Crippen LogP contribution < -0.4 is 10.0 Å². The van der Waals surface area contributed by atoms with Crippen LogP contribution in [-0.4, -0.2) is 20.9 Å². The highest BCUT2D eigenvalue weighted by molar-refractivity contribution is 7.89. The van der Waals surface area contributed by atoms with Gasteiger partial charge in [-0.2, -0.15) is 0 Å². The Morgan fingerprint density at radius 3 is 2.35 bits per heavy atom. The number of carbonyl (C=O) groups is 1. The number of hydrogen-bond acceptors (Lipinski definition) is 3. The zero-order chi connectivity index (χ0) is 19.3. The summed E-state index contributed by atoms with van der Waals surface area (Å²) in [5.74, 6) is -0.227. The molecule has 0 fully saturated rings. The first-order valence-corrected chi connectivity index (χ1v) is 10.2. The van der Waals surface area contributed by atoms with Gasteiger partial charge in [0.25, 0.3) is 0 Å². The summed E-state index contributed by atoms with van der Waals surface area (Å²) < 4.78 is 27.1. The van der Waals surface area contributed by atoms with Gasteiger partial charge in [-0.3, -0.25) is 4.79 Å². The molecule has 0 aliphatic rings. The lowest BCUT2D eigenvalue weighted by atomic mass is 10.1. The second kappa shape index (κ2) is 8.66. The SMILES string of the molecule is Cc1ccc(S(=O)(=O)NCCC(=O)N[C@H](C)c2ccc(Cl)cc2)cc1C. The van der Waals surface area contributed by atoms with Crippen LogP contribution in [0.5, 0.6) is 0 Å². The second-order valence-corrected chi connectivity index (χ2v) is 8.44. The predicted molar refractivity (Wildman–Crippen MR) is 104 cm³/mol. The predicted octanol–water partition coefficient (Wildman–Crippen LogP) is 3.50. The van der Waals surface area contributed by atoms with E-state index in [2.05, 4.69) is 10.0 Å². The molecular formula is C19H23ClN2O3S. The van der Waals surface area contributed by atoms with Crippen molar-refractivity contribution in [1.29, 1.82) is 0 Å². The maximum absolute atomic E-state index is 12.3. The van der Waals surface area contributed by atoms with Crippen molar-refractivity contribution in [2.45, 2.75) is 38.1 Å². The highest BCUT2D eigenvalue weighted by Gasteiger charge is 2.15. The van der Waals surface area contributed by atoms with Crippen LogP contribution >= 0.6 is 11.6 Å². The van der Waals surface area contributed by atoms with Crippen molar-refractivity contribution in [3.63, 3.8) is 0 Å². The molecule has 0 aromatic heterocycles. The molecule has 0 bridgehead atoms. The molecule has 0 heterocycles. The Hall–Kier alpha value is -1.89. The standard InChI is InChI=1S/C19H23ClN2O3S/c1-13-4-9-18(12-14(13)2)26(24,25)21-11-10-19(23)22-15(3)16-5-7-17(20)8-6-16/h4-9,12,15,21H,10-11H2,1-3H3,(H,22,23)/t15-/m1/s1. The normalized spacial score (nSPS) is 12.6. The van der Waals surface area contributed by atoms with E-state index < -0.39 is 10.0 Å². The van der Waals surface area contributed by atoms with E-state index in [0.29, 0.717) is 5.02 Å². The van der Waals surface area contributed by atoms with Crippen molar-refractivity contribution >= 4 is 27.5 Å². The minimum atomic E-state index is -3.63. The van der Waals surface area contributed by atoms with Crippen molar-refractivity contribution in [3.8, 4) is 0 Å². The lowest BCUT2D eigenvalue weighted by molar-refractivity contribution is -0.121. The van der Waals surface area contributed by atoms with Crippen LogP contribution in [0.4, 0.5) is 0 Å². The highest BCUT2D eigenvalue weighted by Crippen LogP contribution is 2.16. The Morgan fingerprint density at radius 1 is 1.08 bits per heavy atom. The first-order chi connectivity index (χ1) is 12.2. The molecule has 1 atom stereocenters. The van der Waals surface area contributed by atoms with Gasteiger partial charge in [0.1, 0.15) is 0 Å². The average Bonchev–Trinajstić information content (AvgIpc) is 2.57. The van der Waals surface area contributed by atoms with Gasteiger partial charge in [0.15, 0.2) is 0 Å². The lowest BCUT2D eigenvalue weighted by Crippen LogP contribution is -2.32. The van der Waals surface area contributed by atoms with E-state index in [0.717, 1.165) is 16.7 Å². The summed E-state index contributed by atoms with van der Waals surface area (Å²) >= 11 is 5.85. The van der Waals surface area contributed by atoms with E-state index in [1.807, 2.05) is 32.9 Å². The molecule has 2 N–H and O–H groups in total. The highest BCUT2D eigenvalue weighted by atomic mass is 35.5. The monoisotopic (exact) mass is 394 g/mol. The molecule has 0 aliphatic carbocycles. The van der Waals surface area contributed by atoms with Gasteiger partial charge in [-0.1, -0.05) is 29.8 Å². The lowest BCUT2D eigenvalue weighted by Gasteiger charge is -2.15. The third-order valence-corrected chi connectivity index (χ3v) is 5.89. The van der Waals surface area contributed by atoms with Crippen LogP contribution in [0.25, 0.3) is 0 Å². The molecule has 2 rings (SSSR count). The van der Waals surface area contributed by atoms with Crippen LogP contribution in [0.15, 0.2) is 47.4 Å². The number of halogens is 1. The van der Waals surface area contributed by atoms with E-state index in [4.69, 9.17) is 11.6 Å². The number of hydrogen-bond donors (Lipinski definition) is 2. The Bertz CT molecular complexity index is 880. The molecule has 7 heteroatoms. The summed E-state index contributed by atoms with van der Waals surface area (Å²) in [4.78, 5) is 12.2. The van der Waals surface area contributed by atoms with Crippen LogP contribution in [0, 0.1) is 13.8 Å². The molecule has 2 aromatic carbocycles. The molecule has 0 spiro atoms. The molecular weight excluding hydrogens is 372 g/mol. The summed E-state index contributed by atoms with van der Waals surface area (Å²) in [6.07, 6.45) is 0.0575. The van der Waals surface area contributed by atoms with Crippen molar-refractivity contribution in [2.24, 2.45) is 0 Å². The number of benzene rings is 2. The molecule has 0 saturated heterocycles. The number of nitrogens with one attached hydrogen (secondary N) is 2. The number of sulfonamides is 1. The van der Waals surface area contributed by atoms with Crippen molar-refractivity contribution in [2.75, 3.05) is 6.54 Å². The van der Waals surface area contributed by atoms with Gasteiger partial charge in [-0.25, -0.2) is 13.1 Å². The number of carbonyl (C=O) groups excluding carboxylic acids is 1. The molecule has 1 amide bonds. The smallest absolute Gasteiger partial charge is 0.240 e. The van der Waals surface area contributed by atoms with Gasteiger partial charge in [-0.05, 0) is 61.7 Å². The first kappa shape index (κ1) is 20.4. The zero-order valence-electron chi connectivity index (χ0n) is 15.0. The van der Waals surface area contributed by atoms with E-state index in [9.17, 15) is 13.2 Å². The fraction of sp³-hybridized carbons (Fsp3) is 0.316. The van der Waals surface area contributed by atoms with Crippen molar-refractivity contribution < 1.29 is 13.2 Å². The first-order valence-electron chi connectivity index (χ1n) is 8.31. The maximum Gasteiger partial charge on any atom is 0.240 e. The fourth-order valence-electron chi connectivity index (χ4n) is 2.41. The third-order valence-electron chi connectivity index (χ3n) is 4.18. The minimum absolute atomic E-state index is 0.0361. The van der Waals surface area contributed by atoms with Crippen LogP contribution in [0.2, 0.25) is 5.02 Å². The largest absolute Gasteiger partial charge is 0.350 e. The Kier molecular flexibility index (Phi) is 6.81. The second-order valence-electron chi connectivity index (χ2n) is 6.23. The summed E-state index contributed by atoms with van der Waals surface area (Å²) in [5.41, 5.74) is 2.86. The van der Waals surface area contributed by atoms with Gasteiger partial charge in [0.05, 0.1) is 10.9 Å². The van der Waals surface area contributed by atoms with Gasteiger partial charge >= 0.3 is 0 Å². The van der Waals surface area contributed by atoms with Gasteiger partial charge in [-0.15, -0.1) is 0 Å². The Morgan fingerprint density at radius 2 is 1.73 bits per heavy atom. The molecule has 0 radical (unpaired) electrons. The number of amides is 1. The number of rotatable bonds is 7. The quantitative estimate of drug-likeness (QED) is 0.754. The summed E-state index contributed by atoms with van der Waals surface area (Å²) in [6.45, 7) is 5.68. The summed E-state index contributed by atoms with van der Waals surface area (Å²) in [5, 5.41) is 3.47. The van der Waals surface area contributed by atoms with E-state index >= 15 is 0 Å². The van der Waals surface area contributed by atoms with Crippen LogP contribution in [0.3, 0.4) is 0 Å². The van der Waals surface area contributed by atoms with Crippen LogP contribution in [-0.2, 0) is 14.8 Å².